The smallest absolute Gasteiger partial charge is 0.186 e. The summed E-state index contributed by atoms with van der Waals surface area (Å²) in [5, 5.41) is 9.87. The molecule has 0 aliphatic rings. The number of aromatic hydroxyl groups is 1. The minimum absolute atomic E-state index is 0.106. The fourth-order valence-electron chi connectivity index (χ4n) is 1.99. The molecule has 0 heterocycles. The van der Waals surface area contributed by atoms with Crippen LogP contribution in [0, 0.1) is 13.8 Å². The average Bonchev–Trinajstić information content (AvgIpc) is 2.27. The molecule has 0 fully saturated rings. The van der Waals surface area contributed by atoms with Crippen molar-refractivity contribution in [2.75, 3.05) is 0 Å². The summed E-state index contributed by atoms with van der Waals surface area (Å²) in [7, 11) is 0. The lowest BCUT2D eigenvalue weighted by atomic mass is 10.00. The van der Waals surface area contributed by atoms with Crippen LogP contribution in [-0.2, 0) is 11.1 Å². The Balaban J connectivity index is 2.62. The van der Waals surface area contributed by atoms with Gasteiger partial charge in [0.25, 0.3) is 0 Å². The maximum Gasteiger partial charge on any atom is 0.186 e. The van der Waals surface area contributed by atoms with Crippen LogP contribution >= 0.6 is 0 Å². The minimum atomic E-state index is -2.04. The maximum absolute atomic E-state index is 11.1. The molecule has 0 aromatic heterocycles. The van der Waals surface area contributed by atoms with E-state index in [1.54, 1.807) is 6.07 Å². The van der Waals surface area contributed by atoms with E-state index in [9.17, 15) is 9.32 Å². The van der Waals surface area contributed by atoms with E-state index in [-0.39, 0.29) is 10.6 Å². The van der Waals surface area contributed by atoms with Crippen molar-refractivity contribution < 1.29 is 13.9 Å². The van der Waals surface area contributed by atoms with Gasteiger partial charge in [-0.25, -0.2) is 4.21 Å². The molecule has 1 atom stereocenters. The van der Waals surface area contributed by atoms with Gasteiger partial charge in [-0.1, -0.05) is 29.3 Å². The zero-order valence-electron chi connectivity index (χ0n) is 10.2. The zero-order chi connectivity index (χ0) is 13.3. The lowest BCUT2D eigenvalue weighted by Gasteiger charge is -2.08. The molecule has 0 saturated heterocycles. The van der Waals surface area contributed by atoms with Gasteiger partial charge in [0.15, 0.2) is 11.1 Å². The number of benzene rings is 2. The van der Waals surface area contributed by atoms with E-state index >= 15 is 0 Å². The molecule has 0 bridgehead atoms. The fourth-order valence-corrected chi connectivity index (χ4v) is 2.39. The topological polar surface area (TPSA) is 57.5 Å². The SMILES string of the molecule is Cc1cc(C)cc(-c2cc(S(=O)O)ccc2O)c1. The van der Waals surface area contributed by atoms with Crippen molar-refractivity contribution in [3.63, 3.8) is 0 Å². The van der Waals surface area contributed by atoms with Crippen LogP contribution in [0.5, 0.6) is 5.75 Å². The summed E-state index contributed by atoms with van der Waals surface area (Å²) in [6, 6.07) is 10.3. The molecular formula is C14H14O3S. The van der Waals surface area contributed by atoms with Crippen molar-refractivity contribution in [3.05, 3.63) is 47.5 Å². The number of rotatable bonds is 2. The third-order valence-electron chi connectivity index (χ3n) is 2.70. The third-order valence-corrected chi connectivity index (χ3v) is 3.36. The second-order valence-corrected chi connectivity index (χ2v) is 5.27. The van der Waals surface area contributed by atoms with Crippen LogP contribution in [-0.4, -0.2) is 13.9 Å². The van der Waals surface area contributed by atoms with Gasteiger partial charge in [-0.2, -0.15) is 0 Å². The normalized spacial score (nSPS) is 12.4. The molecule has 4 heteroatoms. The van der Waals surface area contributed by atoms with Crippen LogP contribution in [0.4, 0.5) is 0 Å². The Morgan fingerprint density at radius 2 is 1.61 bits per heavy atom. The van der Waals surface area contributed by atoms with Crippen molar-refractivity contribution >= 4 is 11.1 Å². The summed E-state index contributed by atoms with van der Waals surface area (Å²) in [6.07, 6.45) is 0. The Labute approximate surface area is 108 Å². The molecule has 0 aliphatic heterocycles. The van der Waals surface area contributed by atoms with E-state index in [4.69, 9.17) is 4.55 Å². The molecule has 0 aliphatic carbocycles. The quantitative estimate of drug-likeness (QED) is 0.817. The van der Waals surface area contributed by atoms with Crippen LogP contribution in [0.15, 0.2) is 41.3 Å². The van der Waals surface area contributed by atoms with E-state index in [1.807, 2.05) is 32.0 Å². The number of aryl methyl sites for hydroxylation is 2. The Kier molecular flexibility index (Phi) is 3.50. The Hall–Kier alpha value is -1.65. The summed E-state index contributed by atoms with van der Waals surface area (Å²) in [5.74, 6) is 0.106. The van der Waals surface area contributed by atoms with E-state index in [0.717, 1.165) is 16.7 Å². The fraction of sp³-hybridized carbons (Fsp3) is 0.143. The van der Waals surface area contributed by atoms with Gasteiger partial charge in [0.1, 0.15) is 5.75 Å². The minimum Gasteiger partial charge on any atom is -0.507 e. The van der Waals surface area contributed by atoms with Crippen LogP contribution < -0.4 is 0 Å². The molecule has 18 heavy (non-hydrogen) atoms. The summed E-state index contributed by atoms with van der Waals surface area (Å²) in [5.41, 5.74) is 3.58. The molecule has 0 spiro atoms. The predicted octanol–water partition coefficient (Wildman–Crippen LogP) is 3.26. The average molecular weight is 262 g/mol. The Morgan fingerprint density at radius 3 is 2.17 bits per heavy atom. The second kappa shape index (κ2) is 4.92. The molecule has 3 nitrogen and oxygen atoms in total. The summed E-state index contributed by atoms with van der Waals surface area (Å²) in [6.45, 7) is 3.95. The van der Waals surface area contributed by atoms with Crippen molar-refractivity contribution in [1.82, 2.24) is 0 Å². The van der Waals surface area contributed by atoms with Crippen LogP contribution in [0.2, 0.25) is 0 Å². The lowest BCUT2D eigenvalue weighted by Crippen LogP contribution is -1.90. The summed E-state index contributed by atoms with van der Waals surface area (Å²) in [4.78, 5) is 0.280. The van der Waals surface area contributed by atoms with Crippen molar-refractivity contribution in [2.45, 2.75) is 18.7 Å². The van der Waals surface area contributed by atoms with Gasteiger partial charge < -0.3 is 9.66 Å². The zero-order valence-corrected chi connectivity index (χ0v) is 11.0. The largest absolute Gasteiger partial charge is 0.507 e. The molecule has 2 aromatic carbocycles. The molecule has 94 valence electrons. The summed E-state index contributed by atoms with van der Waals surface area (Å²) >= 11 is -2.04. The van der Waals surface area contributed by atoms with E-state index in [1.165, 1.54) is 12.1 Å². The van der Waals surface area contributed by atoms with Gasteiger partial charge in [-0.05, 0) is 37.6 Å². The first-order valence-corrected chi connectivity index (χ1v) is 6.60. The highest BCUT2D eigenvalue weighted by Gasteiger charge is 2.09. The van der Waals surface area contributed by atoms with Crippen LogP contribution in [0.3, 0.4) is 0 Å². The number of phenolic OH excluding ortho intramolecular Hbond substituents is 1. The number of phenols is 1. The number of hydrogen-bond donors (Lipinski definition) is 2. The molecule has 0 saturated carbocycles. The lowest BCUT2D eigenvalue weighted by molar-refractivity contribution is 0.476. The van der Waals surface area contributed by atoms with Crippen molar-refractivity contribution in [1.29, 1.82) is 0 Å². The van der Waals surface area contributed by atoms with Crippen molar-refractivity contribution in [2.24, 2.45) is 0 Å². The standard InChI is InChI=1S/C14H14O3S/c1-9-5-10(2)7-11(6-9)13-8-12(18(16)17)3-4-14(13)15/h3-8,15H,1-2H3,(H,16,17). The Morgan fingerprint density at radius 1 is 1.00 bits per heavy atom. The highest BCUT2D eigenvalue weighted by atomic mass is 32.2. The number of hydrogen-bond acceptors (Lipinski definition) is 2. The predicted molar refractivity (Wildman–Crippen MR) is 72.1 cm³/mol. The molecular weight excluding hydrogens is 248 g/mol. The van der Waals surface area contributed by atoms with Crippen molar-refractivity contribution in [3.8, 4) is 16.9 Å². The van der Waals surface area contributed by atoms with Gasteiger partial charge in [0.05, 0.1) is 4.90 Å². The summed E-state index contributed by atoms with van der Waals surface area (Å²) < 4.78 is 20.1. The highest BCUT2D eigenvalue weighted by molar-refractivity contribution is 7.79. The molecule has 0 radical (unpaired) electrons. The van der Waals surface area contributed by atoms with Gasteiger partial charge in [0, 0.05) is 5.56 Å². The first-order chi connectivity index (χ1) is 8.47. The van der Waals surface area contributed by atoms with Crippen LogP contribution in [0.1, 0.15) is 11.1 Å². The van der Waals surface area contributed by atoms with Crippen LogP contribution in [0.25, 0.3) is 11.1 Å². The van der Waals surface area contributed by atoms with Gasteiger partial charge in [-0.3, -0.25) is 0 Å². The molecule has 0 amide bonds. The molecule has 1 unspecified atom stereocenters. The first kappa shape index (κ1) is 12.8. The van der Waals surface area contributed by atoms with E-state index < -0.39 is 11.1 Å². The highest BCUT2D eigenvalue weighted by Crippen LogP contribution is 2.32. The maximum atomic E-state index is 11.1. The van der Waals surface area contributed by atoms with E-state index in [2.05, 4.69) is 0 Å². The Bertz CT molecular complexity index is 600. The molecule has 2 rings (SSSR count). The monoisotopic (exact) mass is 262 g/mol. The second-order valence-electron chi connectivity index (χ2n) is 4.30. The van der Waals surface area contributed by atoms with Gasteiger partial charge in [0.2, 0.25) is 0 Å². The first-order valence-electron chi connectivity index (χ1n) is 5.50. The molecule has 2 N–H and O–H groups in total. The molecule has 2 aromatic rings. The van der Waals surface area contributed by atoms with Gasteiger partial charge in [-0.15, -0.1) is 0 Å². The van der Waals surface area contributed by atoms with E-state index in [0.29, 0.717) is 5.56 Å². The van der Waals surface area contributed by atoms with Gasteiger partial charge >= 0.3 is 0 Å². The third kappa shape index (κ3) is 2.60.